The van der Waals surface area contributed by atoms with Crippen LogP contribution in [0.1, 0.15) is 39.5 Å². The number of nitrogens with one attached hydrogen (secondary N) is 1. The minimum atomic E-state index is 0. The van der Waals surface area contributed by atoms with E-state index in [1.54, 1.807) is 0 Å². The molecule has 1 saturated heterocycles. The van der Waals surface area contributed by atoms with Gasteiger partial charge in [0.1, 0.15) is 0 Å². The summed E-state index contributed by atoms with van der Waals surface area (Å²) in [6.45, 7) is 9.31. The molecule has 1 atom stereocenters. The number of carbonyl (C=O) groups is 1. The zero-order chi connectivity index (χ0) is 15.0. The topological polar surface area (TPSA) is 35.6 Å². The molecule has 0 bridgehead atoms. The first kappa shape index (κ1) is 24.2. The van der Waals surface area contributed by atoms with Gasteiger partial charge in [0.2, 0.25) is 5.91 Å². The maximum absolute atomic E-state index is 12.2. The zero-order valence-electron chi connectivity index (χ0n) is 14.6. The number of hydrogen-bond donors (Lipinski definition) is 1. The number of hydrogen-bond acceptors (Lipinski definition) is 3. The number of rotatable bonds is 8. The molecule has 1 fully saturated rings. The Hall–Kier alpha value is -0.0300. The summed E-state index contributed by atoms with van der Waals surface area (Å²) >= 11 is 0. The van der Waals surface area contributed by atoms with Crippen molar-refractivity contribution in [2.45, 2.75) is 39.5 Å². The quantitative estimate of drug-likeness (QED) is 0.726. The van der Waals surface area contributed by atoms with Crippen LogP contribution in [0.25, 0.3) is 0 Å². The predicted octanol–water partition coefficient (Wildman–Crippen LogP) is 2.66. The highest BCUT2D eigenvalue weighted by Gasteiger charge is 2.26. The Balaban J connectivity index is 0. The minimum absolute atomic E-state index is 0. The number of nitrogens with zero attached hydrogens (tertiary/aromatic N) is 2. The van der Waals surface area contributed by atoms with E-state index in [9.17, 15) is 4.79 Å². The molecule has 22 heavy (non-hydrogen) atoms. The third-order valence-corrected chi connectivity index (χ3v) is 4.32. The summed E-state index contributed by atoms with van der Waals surface area (Å²) in [5.41, 5.74) is 0. The highest BCUT2D eigenvalue weighted by molar-refractivity contribution is 5.85. The van der Waals surface area contributed by atoms with Crippen molar-refractivity contribution in [3.05, 3.63) is 0 Å². The summed E-state index contributed by atoms with van der Waals surface area (Å²) in [6.07, 6.45) is 4.87. The highest BCUT2D eigenvalue weighted by atomic mass is 35.5. The van der Waals surface area contributed by atoms with Crippen molar-refractivity contribution in [3.63, 3.8) is 0 Å². The van der Waals surface area contributed by atoms with Crippen molar-refractivity contribution in [3.8, 4) is 0 Å². The molecule has 1 heterocycles. The Labute approximate surface area is 149 Å². The van der Waals surface area contributed by atoms with E-state index >= 15 is 0 Å². The second kappa shape index (κ2) is 13.4. The molecule has 0 aromatic heterocycles. The molecule has 0 aromatic rings. The fourth-order valence-electron chi connectivity index (χ4n) is 3.00. The smallest absolute Gasteiger partial charge is 0.226 e. The first-order chi connectivity index (χ1) is 9.58. The van der Waals surface area contributed by atoms with E-state index in [2.05, 4.69) is 29.1 Å². The van der Waals surface area contributed by atoms with Gasteiger partial charge >= 0.3 is 0 Å². The van der Waals surface area contributed by atoms with Crippen LogP contribution in [0.2, 0.25) is 0 Å². The lowest BCUT2D eigenvalue weighted by Crippen LogP contribution is -2.44. The van der Waals surface area contributed by atoms with Crippen molar-refractivity contribution in [1.82, 2.24) is 15.1 Å². The average Bonchev–Trinajstić information content (AvgIpc) is 2.45. The average molecular weight is 356 g/mol. The summed E-state index contributed by atoms with van der Waals surface area (Å²) in [5.74, 6) is 1.18. The van der Waals surface area contributed by atoms with Gasteiger partial charge < -0.3 is 15.1 Å². The minimum Gasteiger partial charge on any atom is -0.342 e. The first-order valence-electron chi connectivity index (χ1n) is 8.20. The number of amides is 1. The molecule has 1 N–H and O–H groups in total. The number of piperidine rings is 1. The lowest BCUT2D eigenvalue weighted by molar-refractivity contribution is -0.136. The van der Waals surface area contributed by atoms with Crippen molar-refractivity contribution >= 4 is 30.7 Å². The maximum atomic E-state index is 12.2. The maximum Gasteiger partial charge on any atom is 0.226 e. The zero-order valence-corrected chi connectivity index (χ0v) is 16.3. The lowest BCUT2D eigenvalue weighted by atomic mass is 9.95. The lowest BCUT2D eigenvalue weighted by Gasteiger charge is -2.35. The van der Waals surface area contributed by atoms with Gasteiger partial charge in [-0.3, -0.25) is 4.79 Å². The van der Waals surface area contributed by atoms with Gasteiger partial charge in [-0.25, -0.2) is 0 Å². The Morgan fingerprint density at radius 1 is 1.32 bits per heavy atom. The molecule has 0 saturated carbocycles. The van der Waals surface area contributed by atoms with Crippen LogP contribution in [-0.4, -0.2) is 62.5 Å². The van der Waals surface area contributed by atoms with Crippen molar-refractivity contribution in [1.29, 1.82) is 0 Å². The number of halogens is 2. The van der Waals surface area contributed by atoms with E-state index in [4.69, 9.17) is 0 Å². The molecular formula is C16H35Cl2N3O. The SMILES string of the molecule is CCCCN(C)CC1CCN(C(=O)C(C)CNC)CC1.Cl.Cl. The summed E-state index contributed by atoms with van der Waals surface area (Å²) in [5, 5.41) is 3.09. The van der Waals surface area contributed by atoms with Gasteiger partial charge in [-0.2, -0.15) is 0 Å². The van der Waals surface area contributed by atoms with E-state index in [0.29, 0.717) is 5.91 Å². The van der Waals surface area contributed by atoms with Gasteiger partial charge in [0.25, 0.3) is 0 Å². The molecule has 1 aliphatic heterocycles. The summed E-state index contributed by atoms with van der Waals surface area (Å²) in [6, 6.07) is 0. The van der Waals surface area contributed by atoms with E-state index in [1.165, 1.54) is 25.9 Å². The van der Waals surface area contributed by atoms with Crippen LogP contribution in [-0.2, 0) is 4.79 Å². The fourth-order valence-corrected chi connectivity index (χ4v) is 3.00. The van der Waals surface area contributed by atoms with Gasteiger partial charge in [-0.15, -0.1) is 24.8 Å². The van der Waals surface area contributed by atoms with Gasteiger partial charge in [-0.05, 0) is 45.8 Å². The van der Waals surface area contributed by atoms with E-state index in [0.717, 1.165) is 38.4 Å². The molecular weight excluding hydrogens is 321 g/mol. The first-order valence-corrected chi connectivity index (χ1v) is 8.20. The van der Waals surface area contributed by atoms with Crippen LogP contribution in [0, 0.1) is 11.8 Å². The van der Waals surface area contributed by atoms with Crippen LogP contribution < -0.4 is 5.32 Å². The molecule has 0 aliphatic carbocycles. The summed E-state index contributed by atoms with van der Waals surface area (Å²) < 4.78 is 0. The summed E-state index contributed by atoms with van der Waals surface area (Å²) in [4.78, 5) is 16.7. The van der Waals surface area contributed by atoms with Crippen LogP contribution in [0.4, 0.5) is 0 Å². The van der Waals surface area contributed by atoms with E-state index < -0.39 is 0 Å². The fraction of sp³-hybridized carbons (Fsp3) is 0.938. The molecule has 0 radical (unpaired) electrons. The van der Waals surface area contributed by atoms with Gasteiger partial charge in [0.05, 0.1) is 0 Å². The normalized spacial score (nSPS) is 16.9. The van der Waals surface area contributed by atoms with Crippen LogP contribution in [0.5, 0.6) is 0 Å². The van der Waals surface area contributed by atoms with Crippen molar-refractivity contribution in [2.24, 2.45) is 11.8 Å². The van der Waals surface area contributed by atoms with Crippen molar-refractivity contribution < 1.29 is 4.79 Å². The second-order valence-electron chi connectivity index (χ2n) is 6.34. The number of likely N-dealkylation sites (tertiary alicyclic amines) is 1. The molecule has 1 aliphatic rings. The van der Waals surface area contributed by atoms with Gasteiger partial charge in [0, 0.05) is 32.1 Å². The Morgan fingerprint density at radius 2 is 1.91 bits per heavy atom. The molecule has 4 nitrogen and oxygen atoms in total. The van der Waals surface area contributed by atoms with E-state index in [1.807, 2.05) is 14.0 Å². The second-order valence-corrected chi connectivity index (χ2v) is 6.34. The third-order valence-electron chi connectivity index (χ3n) is 4.32. The Morgan fingerprint density at radius 3 is 2.41 bits per heavy atom. The van der Waals surface area contributed by atoms with E-state index in [-0.39, 0.29) is 30.7 Å². The number of carbonyl (C=O) groups excluding carboxylic acids is 1. The highest BCUT2D eigenvalue weighted by Crippen LogP contribution is 2.19. The standard InChI is InChI=1S/C16H33N3O.2ClH/c1-5-6-9-18(4)13-15-7-10-19(11-8-15)16(20)14(2)12-17-3;;/h14-15,17H,5-13H2,1-4H3;2*1H. The Bertz CT molecular complexity index is 285. The van der Waals surface area contributed by atoms with Crippen LogP contribution in [0.3, 0.4) is 0 Å². The molecule has 0 aromatic carbocycles. The predicted molar refractivity (Wildman–Crippen MR) is 99.3 cm³/mol. The third kappa shape index (κ3) is 8.56. The largest absolute Gasteiger partial charge is 0.342 e. The molecule has 1 unspecified atom stereocenters. The van der Waals surface area contributed by atoms with Crippen molar-refractivity contribution in [2.75, 3.05) is 46.8 Å². The molecule has 1 rings (SSSR count). The monoisotopic (exact) mass is 355 g/mol. The molecule has 0 spiro atoms. The van der Waals surface area contributed by atoms with Crippen LogP contribution in [0.15, 0.2) is 0 Å². The Kier molecular flexibility index (Phi) is 14.8. The van der Waals surface area contributed by atoms with Gasteiger partial charge in [-0.1, -0.05) is 20.3 Å². The molecule has 134 valence electrons. The number of unbranched alkanes of at least 4 members (excludes halogenated alkanes) is 1. The molecule has 6 heteroatoms. The van der Waals surface area contributed by atoms with Crippen LogP contribution >= 0.6 is 24.8 Å². The molecule has 1 amide bonds. The van der Waals surface area contributed by atoms with Gasteiger partial charge in [0.15, 0.2) is 0 Å². The summed E-state index contributed by atoms with van der Waals surface area (Å²) in [7, 11) is 4.13.